The van der Waals surface area contributed by atoms with Gasteiger partial charge in [-0.15, -0.1) is 0 Å². The fourth-order valence-electron chi connectivity index (χ4n) is 2.15. The Kier molecular flexibility index (Phi) is 4.41. The molecule has 23 heavy (non-hydrogen) atoms. The number of benzene rings is 1. The molecule has 0 amide bonds. The van der Waals surface area contributed by atoms with E-state index in [-0.39, 0.29) is 11.9 Å². The number of nitrogens with two attached hydrogens (primary N) is 3. The minimum Gasteiger partial charge on any atom is -0.399 e. The van der Waals surface area contributed by atoms with E-state index in [2.05, 4.69) is 9.98 Å². The zero-order valence-electron chi connectivity index (χ0n) is 14.3. The van der Waals surface area contributed by atoms with Crippen LogP contribution in [0.2, 0.25) is 0 Å². The number of hydrogen-bond acceptors (Lipinski definition) is 3. The van der Waals surface area contributed by atoms with Gasteiger partial charge in [0.25, 0.3) is 0 Å². The van der Waals surface area contributed by atoms with E-state index in [1.54, 1.807) is 0 Å². The van der Waals surface area contributed by atoms with E-state index in [1.165, 1.54) is 0 Å². The molecule has 1 aliphatic rings. The lowest BCUT2D eigenvalue weighted by Gasteiger charge is -2.32. The zero-order chi connectivity index (χ0) is 17.4. The molecule has 0 unspecified atom stereocenters. The molecule has 1 aliphatic heterocycles. The Morgan fingerprint density at radius 2 is 1.61 bits per heavy atom. The van der Waals surface area contributed by atoms with Crippen molar-refractivity contribution in [1.29, 1.82) is 0 Å². The summed E-state index contributed by atoms with van der Waals surface area (Å²) in [7, 11) is -0.459. The van der Waals surface area contributed by atoms with Crippen LogP contribution in [0, 0.1) is 6.92 Å². The van der Waals surface area contributed by atoms with Crippen LogP contribution in [-0.2, 0) is 9.31 Å². The van der Waals surface area contributed by atoms with Crippen molar-refractivity contribution in [2.24, 2.45) is 27.2 Å². The van der Waals surface area contributed by atoms with Gasteiger partial charge in [-0.3, -0.25) is 0 Å². The normalized spacial score (nSPS) is 19.7. The van der Waals surface area contributed by atoms with Crippen LogP contribution in [0.15, 0.2) is 28.2 Å². The molecule has 2 rings (SSSR count). The maximum Gasteiger partial charge on any atom is 0.494 e. The molecule has 1 heterocycles. The van der Waals surface area contributed by atoms with Gasteiger partial charge in [0.05, 0.1) is 16.9 Å². The molecular weight excluding hydrogens is 293 g/mol. The van der Waals surface area contributed by atoms with Gasteiger partial charge in [0.15, 0.2) is 5.96 Å². The summed E-state index contributed by atoms with van der Waals surface area (Å²) in [5.41, 5.74) is 18.0. The highest BCUT2D eigenvalue weighted by Crippen LogP contribution is 2.36. The standard InChI is InChI=1S/C15H24BN5O2/c1-9-6-7-10(8-11(9)20-13(19)21-12(17)18)16-22-14(2,3)15(4,5)23-16/h6-8H,1-5H3,(H6,17,18,19,20,21). The highest BCUT2D eigenvalue weighted by molar-refractivity contribution is 6.62. The van der Waals surface area contributed by atoms with E-state index in [0.717, 1.165) is 11.0 Å². The Hall–Kier alpha value is -2.06. The summed E-state index contributed by atoms with van der Waals surface area (Å²) in [6.07, 6.45) is 0. The topological polar surface area (TPSA) is 121 Å². The highest BCUT2D eigenvalue weighted by atomic mass is 16.7. The maximum absolute atomic E-state index is 6.05. The molecule has 0 bridgehead atoms. The largest absolute Gasteiger partial charge is 0.494 e. The van der Waals surface area contributed by atoms with Gasteiger partial charge in [0.1, 0.15) is 0 Å². The van der Waals surface area contributed by atoms with E-state index in [0.29, 0.717) is 5.69 Å². The van der Waals surface area contributed by atoms with Crippen LogP contribution in [-0.4, -0.2) is 30.2 Å². The van der Waals surface area contributed by atoms with Crippen LogP contribution in [0.3, 0.4) is 0 Å². The molecule has 6 N–H and O–H groups in total. The summed E-state index contributed by atoms with van der Waals surface area (Å²) in [4.78, 5) is 7.96. The Balaban J connectivity index is 2.34. The summed E-state index contributed by atoms with van der Waals surface area (Å²) in [5, 5.41) is 0. The average molecular weight is 317 g/mol. The average Bonchev–Trinajstić information content (AvgIpc) is 2.60. The third-order valence-electron chi connectivity index (χ3n) is 4.24. The second kappa shape index (κ2) is 5.86. The molecule has 0 radical (unpaired) electrons. The summed E-state index contributed by atoms with van der Waals surface area (Å²) in [6.45, 7) is 9.97. The van der Waals surface area contributed by atoms with Crippen molar-refractivity contribution in [2.45, 2.75) is 45.8 Å². The molecule has 1 saturated heterocycles. The molecule has 1 fully saturated rings. The monoisotopic (exact) mass is 317 g/mol. The number of rotatable bonds is 2. The molecule has 8 heteroatoms. The van der Waals surface area contributed by atoms with E-state index < -0.39 is 18.3 Å². The first-order chi connectivity index (χ1) is 10.5. The molecule has 1 aromatic carbocycles. The minimum absolute atomic E-state index is 0.000770. The smallest absolute Gasteiger partial charge is 0.399 e. The van der Waals surface area contributed by atoms with Crippen molar-refractivity contribution in [3.63, 3.8) is 0 Å². The van der Waals surface area contributed by atoms with Gasteiger partial charge in [-0.2, -0.15) is 4.99 Å². The Bertz CT molecular complexity index is 650. The molecule has 0 aromatic heterocycles. The first kappa shape index (κ1) is 17.3. The van der Waals surface area contributed by atoms with Crippen LogP contribution in [0.25, 0.3) is 0 Å². The second-order valence-corrected chi connectivity index (χ2v) is 6.64. The first-order valence-corrected chi connectivity index (χ1v) is 7.42. The first-order valence-electron chi connectivity index (χ1n) is 7.42. The number of aliphatic imine (C=N–C) groups is 2. The summed E-state index contributed by atoms with van der Waals surface area (Å²) in [6, 6.07) is 5.75. The van der Waals surface area contributed by atoms with Crippen LogP contribution >= 0.6 is 0 Å². The highest BCUT2D eigenvalue weighted by Gasteiger charge is 2.51. The van der Waals surface area contributed by atoms with Gasteiger partial charge in [-0.25, -0.2) is 4.99 Å². The zero-order valence-corrected chi connectivity index (χ0v) is 14.3. The molecular formula is C15H24BN5O2. The van der Waals surface area contributed by atoms with Gasteiger partial charge >= 0.3 is 7.12 Å². The molecule has 0 spiro atoms. The fraction of sp³-hybridized carbons (Fsp3) is 0.467. The quantitative estimate of drug-likeness (QED) is 0.417. The van der Waals surface area contributed by atoms with Crippen LogP contribution in [0.4, 0.5) is 5.69 Å². The van der Waals surface area contributed by atoms with E-state index >= 15 is 0 Å². The van der Waals surface area contributed by atoms with Crippen molar-refractivity contribution in [1.82, 2.24) is 0 Å². The van der Waals surface area contributed by atoms with E-state index in [1.807, 2.05) is 52.8 Å². The van der Waals surface area contributed by atoms with Gasteiger partial charge in [0, 0.05) is 0 Å². The fourth-order valence-corrected chi connectivity index (χ4v) is 2.15. The maximum atomic E-state index is 6.05. The van der Waals surface area contributed by atoms with Gasteiger partial charge in [-0.05, 0) is 51.7 Å². The molecule has 0 aliphatic carbocycles. The van der Waals surface area contributed by atoms with Crippen molar-refractivity contribution >= 4 is 30.2 Å². The van der Waals surface area contributed by atoms with Gasteiger partial charge in [-0.1, -0.05) is 12.1 Å². The molecule has 0 atom stereocenters. The van der Waals surface area contributed by atoms with Crippen molar-refractivity contribution in [2.75, 3.05) is 0 Å². The van der Waals surface area contributed by atoms with E-state index in [9.17, 15) is 0 Å². The Morgan fingerprint density at radius 1 is 1.04 bits per heavy atom. The molecule has 7 nitrogen and oxygen atoms in total. The SMILES string of the molecule is Cc1ccc(B2OC(C)(C)C(C)(C)O2)cc1N=C(N)N=C(N)N. The lowest BCUT2D eigenvalue weighted by molar-refractivity contribution is 0.00578. The molecule has 1 aromatic rings. The van der Waals surface area contributed by atoms with E-state index in [4.69, 9.17) is 26.5 Å². The summed E-state index contributed by atoms with van der Waals surface area (Å²) < 4.78 is 12.1. The third kappa shape index (κ3) is 3.65. The molecule has 124 valence electrons. The van der Waals surface area contributed by atoms with Crippen LogP contribution in [0.1, 0.15) is 33.3 Å². The second-order valence-electron chi connectivity index (χ2n) is 6.64. The van der Waals surface area contributed by atoms with Crippen molar-refractivity contribution < 1.29 is 9.31 Å². The van der Waals surface area contributed by atoms with Crippen molar-refractivity contribution in [3.05, 3.63) is 23.8 Å². The number of guanidine groups is 2. The number of aryl methyl sites for hydroxylation is 1. The predicted molar refractivity (Wildman–Crippen MR) is 94.0 cm³/mol. The molecule has 0 saturated carbocycles. The van der Waals surface area contributed by atoms with Crippen LogP contribution < -0.4 is 22.7 Å². The summed E-state index contributed by atoms with van der Waals surface area (Å²) >= 11 is 0. The Labute approximate surface area is 137 Å². The van der Waals surface area contributed by atoms with Gasteiger partial charge < -0.3 is 26.5 Å². The summed E-state index contributed by atoms with van der Waals surface area (Å²) in [5.74, 6) is -0.134. The number of hydrogen-bond donors (Lipinski definition) is 3. The minimum atomic E-state index is -0.459. The predicted octanol–water partition coefficient (Wildman–Crippen LogP) is 0.514. The van der Waals surface area contributed by atoms with Crippen molar-refractivity contribution in [3.8, 4) is 0 Å². The lowest BCUT2D eigenvalue weighted by atomic mass is 9.78. The van der Waals surface area contributed by atoms with Crippen LogP contribution in [0.5, 0.6) is 0 Å². The number of nitrogens with zero attached hydrogens (tertiary/aromatic N) is 2. The van der Waals surface area contributed by atoms with Gasteiger partial charge in [0.2, 0.25) is 5.96 Å². The Morgan fingerprint density at radius 3 is 2.13 bits per heavy atom. The third-order valence-corrected chi connectivity index (χ3v) is 4.24. The lowest BCUT2D eigenvalue weighted by Crippen LogP contribution is -2.41.